The van der Waals surface area contributed by atoms with Crippen molar-refractivity contribution in [2.45, 2.75) is 18.4 Å². The molecule has 3 aromatic rings. The van der Waals surface area contributed by atoms with Crippen molar-refractivity contribution in [1.82, 2.24) is 9.80 Å². The Hall–Kier alpha value is -3.67. The maximum atomic E-state index is 16.9. The van der Waals surface area contributed by atoms with E-state index < -0.39 is 36.0 Å². The number of hydrogen-bond acceptors (Lipinski definition) is 6. The van der Waals surface area contributed by atoms with Gasteiger partial charge in [0.15, 0.2) is 6.73 Å². The van der Waals surface area contributed by atoms with E-state index in [1.807, 2.05) is 0 Å². The minimum absolute atomic E-state index is 0.0309. The summed E-state index contributed by atoms with van der Waals surface area (Å²) in [4.78, 5) is 31.7. The van der Waals surface area contributed by atoms with Crippen molar-refractivity contribution in [1.29, 1.82) is 0 Å². The molecule has 0 aromatic heterocycles. The Morgan fingerprint density at radius 2 is 1.67 bits per heavy atom. The molecule has 2 aliphatic heterocycles. The van der Waals surface area contributed by atoms with Gasteiger partial charge < -0.3 is 14.4 Å². The zero-order chi connectivity index (χ0) is 30.2. The topological polar surface area (TPSA) is 62.3 Å². The highest BCUT2D eigenvalue weighted by molar-refractivity contribution is 6.30. The number of benzene rings is 3. The molecule has 0 spiro atoms. The van der Waals surface area contributed by atoms with Gasteiger partial charge in [-0.2, -0.15) is 13.2 Å². The van der Waals surface area contributed by atoms with Crippen molar-refractivity contribution in [2.75, 3.05) is 52.0 Å². The van der Waals surface area contributed by atoms with Gasteiger partial charge in [0.25, 0.3) is 5.91 Å². The molecule has 0 saturated carbocycles. The molecule has 0 radical (unpaired) electrons. The summed E-state index contributed by atoms with van der Waals surface area (Å²) in [6.07, 6.45) is -4.76. The van der Waals surface area contributed by atoms with Gasteiger partial charge in [0.1, 0.15) is 5.75 Å². The zero-order valence-electron chi connectivity index (χ0n) is 22.9. The molecule has 12 heteroatoms. The summed E-state index contributed by atoms with van der Waals surface area (Å²) >= 11 is 6.08. The second-order valence-electron chi connectivity index (χ2n) is 10.3. The molecule has 42 heavy (non-hydrogen) atoms. The monoisotopic (exact) mass is 605 g/mol. The SMILES string of the molecule is COc1ccc(Cl)cc1[C@]1(F)C(=O)N(COC(=O)c2ccc(CN3CCN(C)CC3)cc2)c2cc(C(F)(F)F)ccc21. The minimum Gasteiger partial charge on any atom is -0.496 e. The highest BCUT2D eigenvalue weighted by Gasteiger charge is 2.55. The normalized spacial score (nSPS) is 19.6. The van der Waals surface area contributed by atoms with Gasteiger partial charge in [-0.25, -0.2) is 9.18 Å². The molecule has 0 aliphatic carbocycles. The van der Waals surface area contributed by atoms with Gasteiger partial charge in [0.2, 0.25) is 5.67 Å². The Bertz CT molecular complexity index is 1490. The maximum absolute atomic E-state index is 16.9. The molecule has 2 aliphatic rings. The molecular weight excluding hydrogens is 578 g/mol. The van der Waals surface area contributed by atoms with Crippen molar-refractivity contribution in [2.24, 2.45) is 0 Å². The fourth-order valence-electron chi connectivity index (χ4n) is 5.19. The lowest BCUT2D eigenvalue weighted by molar-refractivity contribution is -0.137. The molecule has 0 N–H and O–H groups in total. The Labute approximate surface area is 245 Å². The summed E-state index contributed by atoms with van der Waals surface area (Å²) in [5.74, 6) is -2.09. The van der Waals surface area contributed by atoms with Gasteiger partial charge in [-0.3, -0.25) is 14.6 Å². The Balaban J connectivity index is 1.39. The van der Waals surface area contributed by atoms with Gasteiger partial charge >= 0.3 is 12.1 Å². The Morgan fingerprint density at radius 1 is 0.976 bits per heavy atom. The lowest BCUT2D eigenvalue weighted by Crippen LogP contribution is -2.43. The highest BCUT2D eigenvalue weighted by atomic mass is 35.5. The van der Waals surface area contributed by atoms with E-state index in [0.29, 0.717) is 17.0 Å². The largest absolute Gasteiger partial charge is 0.496 e. The first-order chi connectivity index (χ1) is 19.9. The van der Waals surface area contributed by atoms with Crippen LogP contribution in [0.15, 0.2) is 60.7 Å². The average Bonchev–Trinajstić information content (AvgIpc) is 3.18. The smallest absolute Gasteiger partial charge is 0.416 e. The van der Waals surface area contributed by atoms with Crippen molar-refractivity contribution in [3.8, 4) is 5.75 Å². The molecule has 3 aromatic carbocycles. The Kier molecular flexibility index (Phi) is 8.19. The van der Waals surface area contributed by atoms with Crippen molar-refractivity contribution >= 4 is 29.2 Å². The van der Waals surface area contributed by atoms with Gasteiger partial charge in [0.05, 0.1) is 23.9 Å². The standard InChI is InChI=1S/C30H28ClF4N3O4/c1-36-11-13-37(14-12-36)17-19-3-5-20(6-4-19)27(39)42-18-38-25-15-21(30(33,34)35)7-9-23(25)29(32,28(38)40)24-16-22(31)8-10-26(24)41-2/h3-10,15-16H,11-14,17-18H2,1-2H3/t29-/m0/s1. The number of alkyl halides is 4. The second-order valence-corrected chi connectivity index (χ2v) is 10.7. The van der Waals surface area contributed by atoms with Crippen LogP contribution in [0.5, 0.6) is 5.75 Å². The molecule has 1 atom stereocenters. The molecule has 1 amide bonds. The fraction of sp³-hybridized carbons (Fsp3) is 0.333. The number of fused-ring (bicyclic) bond motifs is 1. The number of amides is 1. The quantitative estimate of drug-likeness (QED) is 0.262. The molecule has 222 valence electrons. The number of ether oxygens (including phenoxy) is 2. The van der Waals surface area contributed by atoms with E-state index in [0.717, 1.165) is 44.4 Å². The van der Waals surface area contributed by atoms with E-state index in [9.17, 15) is 22.8 Å². The first-order valence-corrected chi connectivity index (χ1v) is 13.5. The predicted octanol–water partition coefficient (Wildman–Crippen LogP) is 5.49. The van der Waals surface area contributed by atoms with Gasteiger partial charge in [-0.1, -0.05) is 29.8 Å². The van der Waals surface area contributed by atoms with Crippen LogP contribution in [0.4, 0.5) is 23.2 Å². The third-order valence-electron chi connectivity index (χ3n) is 7.58. The molecule has 2 heterocycles. The van der Waals surface area contributed by atoms with Gasteiger partial charge in [-0.15, -0.1) is 0 Å². The van der Waals surface area contributed by atoms with Crippen LogP contribution in [0.2, 0.25) is 5.02 Å². The Morgan fingerprint density at radius 3 is 2.31 bits per heavy atom. The minimum atomic E-state index is -4.76. The number of methoxy groups -OCH3 is 1. The molecule has 0 bridgehead atoms. The fourth-order valence-corrected chi connectivity index (χ4v) is 5.36. The van der Waals surface area contributed by atoms with Gasteiger partial charge in [-0.05, 0) is 55.1 Å². The summed E-state index contributed by atoms with van der Waals surface area (Å²) < 4.78 is 68.2. The van der Waals surface area contributed by atoms with Gasteiger partial charge in [0, 0.05) is 48.9 Å². The lowest BCUT2D eigenvalue weighted by atomic mass is 9.88. The number of carbonyl (C=O) groups is 2. The van der Waals surface area contributed by atoms with Crippen LogP contribution in [0.3, 0.4) is 0 Å². The number of carbonyl (C=O) groups excluding carboxylic acids is 2. The van der Waals surface area contributed by atoms with Crippen LogP contribution in [0.25, 0.3) is 0 Å². The van der Waals surface area contributed by atoms with Crippen molar-refractivity contribution < 1.29 is 36.6 Å². The summed E-state index contributed by atoms with van der Waals surface area (Å²) in [5.41, 5.74) is -3.89. The predicted molar refractivity (Wildman–Crippen MR) is 148 cm³/mol. The van der Waals surface area contributed by atoms with Crippen molar-refractivity contribution in [3.63, 3.8) is 0 Å². The van der Waals surface area contributed by atoms with E-state index in [-0.39, 0.29) is 33.1 Å². The number of esters is 1. The highest BCUT2D eigenvalue weighted by Crippen LogP contribution is 2.51. The molecule has 5 rings (SSSR count). The van der Waals surface area contributed by atoms with E-state index in [4.69, 9.17) is 21.1 Å². The number of likely N-dealkylation sites (N-methyl/N-ethyl adjacent to an activating group) is 1. The molecule has 0 unspecified atom stereocenters. The van der Waals surface area contributed by atoms with E-state index >= 15 is 4.39 Å². The van der Waals surface area contributed by atoms with Crippen molar-refractivity contribution in [3.05, 3.63) is 93.5 Å². The lowest BCUT2D eigenvalue weighted by Gasteiger charge is -2.32. The maximum Gasteiger partial charge on any atom is 0.416 e. The third-order valence-corrected chi connectivity index (χ3v) is 7.81. The average molecular weight is 606 g/mol. The number of rotatable bonds is 7. The first kappa shape index (κ1) is 29.8. The number of hydrogen-bond donors (Lipinski definition) is 0. The molecule has 1 fully saturated rings. The number of nitrogens with zero attached hydrogens (tertiary/aromatic N) is 3. The summed E-state index contributed by atoms with van der Waals surface area (Å²) in [7, 11) is 3.34. The van der Waals surface area contributed by atoms with E-state index in [1.54, 1.807) is 24.3 Å². The van der Waals surface area contributed by atoms with Crippen LogP contribution in [-0.2, 0) is 27.9 Å². The molecular formula is C30H28ClF4N3O4. The molecule has 1 saturated heterocycles. The summed E-state index contributed by atoms with van der Waals surface area (Å²) in [6.45, 7) is 3.70. The van der Waals surface area contributed by atoms with Crippen LogP contribution in [0, 0.1) is 0 Å². The van der Waals surface area contributed by atoms with Crippen LogP contribution in [0.1, 0.15) is 32.6 Å². The first-order valence-electron chi connectivity index (χ1n) is 13.2. The number of anilines is 1. The summed E-state index contributed by atoms with van der Waals surface area (Å²) in [5, 5.41) is 0.0880. The molecule has 7 nitrogen and oxygen atoms in total. The number of halogens is 5. The van der Waals surface area contributed by atoms with Crippen LogP contribution in [-0.4, -0.2) is 68.7 Å². The third kappa shape index (κ3) is 5.68. The van der Waals surface area contributed by atoms with E-state index in [1.165, 1.54) is 25.3 Å². The second kappa shape index (κ2) is 11.5. The zero-order valence-corrected chi connectivity index (χ0v) is 23.6. The number of piperazine rings is 1. The van der Waals surface area contributed by atoms with Crippen LogP contribution < -0.4 is 9.64 Å². The van der Waals surface area contributed by atoms with E-state index in [2.05, 4.69) is 16.8 Å². The van der Waals surface area contributed by atoms with Crippen LogP contribution >= 0.6 is 11.6 Å². The summed E-state index contributed by atoms with van der Waals surface area (Å²) in [6, 6.07) is 12.9.